The lowest BCUT2D eigenvalue weighted by atomic mass is 9.92. The molecule has 1 saturated heterocycles. The minimum Gasteiger partial charge on any atom is -0.317 e. The maximum absolute atomic E-state index is 12.4. The smallest absolute Gasteiger partial charge is 0.243 e. The van der Waals surface area contributed by atoms with E-state index < -0.39 is 10.0 Å². The second-order valence-electron chi connectivity index (χ2n) is 4.60. The van der Waals surface area contributed by atoms with Gasteiger partial charge in [-0.05, 0) is 70.8 Å². The summed E-state index contributed by atoms with van der Waals surface area (Å²) in [4.78, 5) is 0.305. The Hall–Kier alpha value is 0.530. The van der Waals surface area contributed by atoms with Gasteiger partial charge in [0.05, 0.1) is 7.57 Å². The van der Waals surface area contributed by atoms with Crippen molar-refractivity contribution in [1.29, 1.82) is 0 Å². The van der Waals surface area contributed by atoms with Crippen LogP contribution in [0, 0.1) is 0 Å². The summed E-state index contributed by atoms with van der Waals surface area (Å²) in [5.74, 6) is 0. The Morgan fingerprint density at radius 1 is 1.39 bits per heavy atom. The van der Waals surface area contributed by atoms with Crippen LogP contribution in [0.5, 0.6) is 0 Å². The van der Waals surface area contributed by atoms with E-state index in [1.807, 2.05) is 6.92 Å². The van der Waals surface area contributed by atoms with Crippen LogP contribution in [-0.2, 0) is 10.0 Å². The van der Waals surface area contributed by atoms with Crippen LogP contribution in [-0.4, -0.2) is 27.0 Å². The molecule has 18 heavy (non-hydrogen) atoms. The van der Waals surface area contributed by atoms with Crippen LogP contribution < -0.4 is 10.0 Å². The molecule has 4 nitrogen and oxygen atoms in total. The highest BCUT2D eigenvalue weighted by Crippen LogP contribution is 2.35. The van der Waals surface area contributed by atoms with Crippen molar-refractivity contribution in [3.8, 4) is 0 Å². The summed E-state index contributed by atoms with van der Waals surface area (Å²) in [6.07, 6.45) is 1.60. The fraction of sp³-hybridized carbons (Fsp3) is 0.600. The Morgan fingerprint density at radius 2 is 2.00 bits per heavy atom. The fourth-order valence-electron chi connectivity index (χ4n) is 1.97. The van der Waals surface area contributed by atoms with E-state index in [0.717, 1.165) is 29.7 Å². The van der Waals surface area contributed by atoms with Crippen molar-refractivity contribution < 1.29 is 8.42 Å². The van der Waals surface area contributed by atoms with Gasteiger partial charge in [0.25, 0.3) is 0 Å². The Balaban J connectivity index is 2.24. The maximum Gasteiger partial charge on any atom is 0.243 e. The molecule has 0 spiro atoms. The van der Waals surface area contributed by atoms with Crippen LogP contribution in [0.2, 0.25) is 0 Å². The lowest BCUT2D eigenvalue weighted by Gasteiger charge is -2.34. The highest BCUT2D eigenvalue weighted by molar-refractivity contribution is 9.12. The van der Waals surface area contributed by atoms with Crippen molar-refractivity contribution in [2.45, 2.75) is 30.2 Å². The summed E-state index contributed by atoms with van der Waals surface area (Å²) >= 11 is 7.95. The molecule has 1 fully saturated rings. The molecule has 0 amide bonds. The quantitative estimate of drug-likeness (QED) is 0.794. The molecule has 8 heteroatoms. The molecular formula is C10H14Br2N2O2S2. The first kappa shape index (κ1) is 14.9. The molecule has 0 saturated carbocycles. The van der Waals surface area contributed by atoms with Crippen molar-refractivity contribution >= 4 is 53.2 Å². The third-order valence-corrected chi connectivity index (χ3v) is 7.40. The largest absolute Gasteiger partial charge is 0.317 e. The minimum atomic E-state index is -3.47. The third kappa shape index (κ3) is 3.34. The van der Waals surface area contributed by atoms with Gasteiger partial charge in [0.15, 0.2) is 0 Å². The monoisotopic (exact) mass is 416 g/mol. The van der Waals surface area contributed by atoms with Gasteiger partial charge in [0.2, 0.25) is 10.0 Å². The average Bonchev–Trinajstić information content (AvgIpc) is 2.58. The lowest BCUT2D eigenvalue weighted by molar-refractivity contribution is 0.308. The molecule has 0 bridgehead atoms. The predicted octanol–water partition coefficient (Wildman–Crippen LogP) is 2.69. The number of hydrogen-bond donors (Lipinski definition) is 2. The fourth-order valence-corrected chi connectivity index (χ4v) is 7.25. The molecule has 1 aliphatic heterocycles. The van der Waals surface area contributed by atoms with Gasteiger partial charge in [0.1, 0.15) is 4.90 Å². The topological polar surface area (TPSA) is 58.2 Å². The van der Waals surface area contributed by atoms with Crippen LogP contribution in [0.4, 0.5) is 0 Å². The van der Waals surface area contributed by atoms with E-state index in [-0.39, 0.29) is 5.54 Å². The predicted molar refractivity (Wildman–Crippen MR) is 80.5 cm³/mol. The molecular weight excluding hydrogens is 404 g/mol. The van der Waals surface area contributed by atoms with Crippen LogP contribution in [0.15, 0.2) is 18.5 Å². The van der Waals surface area contributed by atoms with Crippen LogP contribution in [0.3, 0.4) is 0 Å². The van der Waals surface area contributed by atoms with Gasteiger partial charge in [0, 0.05) is 5.54 Å². The molecule has 0 aromatic carbocycles. The number of halogens is 2. The number of thiophene rings is 1. The number of rotatable bonds is 3. The molecule has 2 rings (SSSR count). The minimum absolute atomic E-state index is 0.305. The van der Waals surface area contributed by atoms with E-state index in [2.05, 4.69) is 41.9 Å². The van der Waals surface area contributed by atoms with Gasteiger partial charge < -0.3 is 5.32 Å². The second kappa shape index (κ2) is 5.49. The normalized spacial score (nSPS) is 19.9. The van der Waals surface area contributed by atoms with Crippen LogP contribution >= 0.6 is 43.2 Å². The third-order valence-electron chi connectivity index (χ3n) is 3.00. The number of piperidine rings is 1. The zero-order valence-electron chi connectivity index (χ0n) is 9.79. The van der Waals surface area contributed by atoms with Crippen molar-refractivity contribution in [3.05, 3.63) is 13.6 Å². The van der Waals surface area contributed by atoms with Crippen molar-refractivity contribution in [3.63, 3.8) is 0 Å². The van der Waals surface area contributed by atoms with Crippen molar-refractivity contribution in [2.24, 2.45) is 0 Å². The zero-order chi connectivity index (χ0) is 13.4. The summed E-state index contributed by atoms with van der Waals surface area (Å²) in [6.45, 7) is 3.64. The summed E-state index contributed by atoms with van der Waals surface area (Å²) in [5, 5.41) is 3.23. The first-order valence-electron chi connectivity index (χ1n) is 5.52. The van der Waals surface area contributed by atoms with E-state index in [9.17, 15) is 8.42 Å². The van der Waals surface area contributed by atoms with Gasteiger partial charge in [-0.3, -0.25) is 0 Å². The number of nitrogens with one attached hydrogen (secondary N) is 2. The van der Waals surface area contributed by atoms with Gasteiger partial charge in [-0.25, -0.2) is 13.1 Å². The van der Waals surface area contributed by atoms with Crippen LogP contribution in [0.1, 0.15) is 19.8 Å². The number of hydrogen-bond acceptors (Lipinski definition) is 4. The van der Waals surface area contributed by atoms with Gasteiger partial charge >= 0.3 is 0 Å². The molecule has 2 heterocycles. The zero-order valence-corrected chi connectivity index (χ0v) is 14.6. The first-order valence-corrected chi connectivity index (χ1v) is 9.41. The molecule has 0 aliphatic carbocycles. The van der Waals surface area contributed by atoms with E-state index in [0.29, 0.717) is 8.68 Å². The Kier molecular flexibility index (Phi) is 4.56. The summed E-state index contributed by atoms with van der Waals surface area (Å²) < 4.78 is 29.0. The number of sulfonamides is 1. The molecule has 1 aromatic heterocycles. The maximum atomic E-state index is 12.4. The molecule has 0 radical (unpaired) electrons. The van der Waals surface area contributed by atoms with E-state index in [1.54, 1.807) is 6.07 Å². The Morgan fingerprint density at radius 3 is 2.50 bits per heavy atom. The van der Waals surface area contributed by atoms with Gasteiger partial charge in [-0.1, -0.05) is 0 Å². The first-order chi connectivity index (χ1) is 8.32. The van der Waals surface area contributed by atoms with E-state index >= 15 is 0 Å². The SMILES string of the molecule is CC1(NS(=O)(=O)c2cc(Br)sc2Br)CCNCC1. The van der Waals surface area contributed by atoms with E-state index in [4.69, 9.17) is 0 Å². The van der Waals surface area contributed by atoms with Crippen LogP contribution in [0.25, 0.3) is 0 Å². The Labute approximate surface area is 128 Å². The Bertz CT molecular complexity index is 536. The average molecular weight is 418 g/mol. The second-order valence-corrected chi connectivity index (χ2v) is 10.0. The van der Waals surface area contributed by atoms with Gasteiger partial charge in [-0.15, -0.1) is 11.3 Å². The highest BCUT2D eigenvalue weighted by atomic mass is 79.9. The lowest BCUT2D eigenvalue weighted by Crippen LogP contribution is -2.52. The highest BCUT2D eigenvalue weighted by Gasteiger charge is 2.33. The standard InChI is InChI=1S/C10H14Br2N2O2S2/c1-10(2-4-13-5-3-10)14-18(15,16)7-6-8(11)17-9(7)12/h6,13-14H,2-5H2,1H3. The molecule has 2 N–H and O–H groups in total. The molecule has 102 valence electrons. The van der Waals surface area contributed by atoms with Crippen molar-refractivity contribution in [2.75, 3.05) is 13.1 Å². The molecule has 1 aromatic rings. The summed E-state index contributed by atoms with van der Waals surface area (Å²) in [7, 11) is -3.47. The molecule has 0 atom stereocenters. The van der Waals surface area contributed by atoms with Crippen molar-refractivity contribution in [1.82, 2.24) is 10.0 Å². The summed E-state index contributed by atoms with van der Waals surface area (Å²) in [6, 6.07) is 1.63. The van der Waals surface area contributed by atoms with Gasteiger partial charge in [-0.2, -0.15) is 0 Å². The summed E-state index contributed by atoms with van der Waals surface area (Å²) in [5.41, 5.74) is -0.363. The molecule has 1 aliphatic rings. The van der Waals surface area contributed by atoms with E-state index in [1.165, 1.54) is 11.3 Å². The molecule has 0 unspecified atom stereocenters.